The maximum atomic E-state index is 12.1. The van der Waals surface area contributed by atoms with Crippen molar-refractivity contribution in [2.45, 2.75) is 102 Å². The zero-order valence-electron chi connectivity index (χ0n) is 24.7. The number of rotatable bonds is 13. The summed E-state index contributed by atoms with van der Waals surface area (Å²) in [4.78, 5) is 23.9. The fraction of sp³-hybridized carbons (Fsp3) is 0.636. The van der Waals surface area contributed by atoms with Gasteiger partial charge in [-0.3, -0.25) is 9.59 Å². The van der Waals surface area contributed by atoms with Crippen molar-refractivity contribution in [2.24, 2.45) is 11.8 Å². The molecule has 0 spiro atoms. The molecule has 2 aliphatic heterocycles. The number of carbonyl (C=O) groups is 2. The quantitative estimate of drug-likeness (QED) is 0.181. The predicted octanol–water partition coefficient (Wildman–Crippen LogP) is 4.97. The van der Waals surface area contributed by atoms with E-state index in [1.165, 1.54) is 13.8 Å². The normalized spacial score (nSPS) is 29.4. The highest BCUT2D eigenvalue weighted by molar-refractivity contribution is 5.66. The van der Waals surface area contributed by atoms with Gasteiger partial charge in [0.15, 0.2) is 18.7 Å². The van der Waals surface area contributed by atoms with Crippen molar-refractivity contribution in [3.8, 4) is 18.1 Å². The Labute approximate surface area is 249 Å². The van der Waals surface area contributed by atoms with E-state index in [1.54, 1.807) is 0 Å². The molecular weight excluding hydrogens is 540 g/mol. The third-order valence-electron chi connectivity index (χ3n) is 7.80. The largest absolute Gasteiger partial charge is 0.491 e. The Kier molecular flexibility index (Phi) is 12.7. The average Bonchev–Trinajstić information content (AvgIpc) is 3.29. The van der Waals surface area contributed by atoms with E-state index in [0.29, 0.717) is 26.1 Å². The molecule has 9 nitrogen and oxygen atoms in total. The van der Waals surface area contributed by atoms with E-state index in [4.69, 9.17) is 39.6 Å². The van der Waals surface area contributed by atoms with Crippen LogP contribution in [-0.4, -0.2) is 68.8 Å². The summed E-state index contributed by atoms with van der Waals surface area (Å²) in [6, 6.07) is 9.58. The zero-order valence-corrected chi connectivity index (χ0v) is 24.7. The number of hydrogen-bond acceptors (Lipinski definition) is 9. The molecule has 1 saturated carbocycles. The van der Waals surface area contributed by atoms with Gasteiger partial charge >= 0.3 is 11.9 Å². The van der Waals surface area contributed by atoms with Crippen LogP contribution in [0.3, 0.4) is 0 Å². The van der Waals surface area contributed by atoms with Crippen LogP contribution in [0.5, 0.6) is 5.75 Å². The number of terminal acetylenes is 1. The van der Waals surface area contributed by atoms with Crippen LogP contribution in [0, 0.1) is 24.2 Å². The molecule has 2 unspecified atom stereocenters. The highest BCUT2D eigenvalue weighted by Crippen LogP contribution is 2.42. The van der Waals surface area contributed by atoms with Gasteiger partial charge in [0.05, 0.1) is 6.10 Å². The fourth-order valence-corrected chi connectivity index (χ4v) is 5.87. The van der Waals surface area contributed by atoms with Crippen LogP contribution < -0.4 is 4.74 Å². The Morgan fingerprint density at radius 3 is 2.33 bits per heavy atom. The fourth-order valence-electron chi connectivity index (χ4n) is 5.87. The first-order valence-electron chi connectivity index (χ1n) is 15.1. The molecule has 9 heteroatoms. The molecule has 42 heavy (non-hydrogen) atoms. The van der Waals surface area contributed by atoms with Crippen LogP contribution in [-0.2, 0) is 38.0 Å². The van der Waals surface area contributed by atoms with E-state index in [9.17, 15) is 9.59 Å². The first kappa shape index (κ1) is 32.0. The molecule has 0 amide bonds. The summed E-state index contributed by atoms with van der Waals surface area (Å²) in [7, 11) is 0. The van der Waals surface area contributed by atoms with Gasteiger partial charge in [-0.2, -0.15) is 0 Å². The Hall–Kier alpha value is -2.90. The van der Waals surface area contributed by atoms with Crippen LogP contribution in [0.4, 0.5) is 0 Å². The van der Waals surface area contributed by atoms with Crippen LogP contribution >= 0.6 is 0 Å². The van der Waals surface area contributed by atoms with E-state index >= 15 is 0 Å². The summed E-state index contributed by atoms with van der Waals surface area (Å²) in [6.07, 6.45) is 13.6. The Balaban J connectivity index is 1.58. The van der Waals surface area contributed by atoms with Gasteiger partial charge in [0.2, 0.25) is 0 Å². The first-order chi connectivity index (χ1) is 20.4. The molecule has 1 aromatic carbocycles. The summed E-state index contributed by atoms with van der Waals surface area (Å²) >= 11 is 0. The lowest BCUT2D eigenvalue weighted by atomic mass is 9.87. The molecule has 3 aliphatic rings. The van der Waals surface area contributed by atoms with E-state index in [-0.39, 0.29) is 43.1 Å². The summed E-state index contributed by atoms with van der Waals surface area (Å²) < 4.78 is 41.8. The van der Waals surface area contributed by atoms with Crippen molar-refractivity contribution in [3.63, 3.8) is 0 Å². The van der Waals surface area contributed by atoms with Crippen LogP contribution in [0.1, 0.15) is 65.2 Å². The standard InChI is InChI=1S/C33H44O9/c1-4-25(39-23(2)34)20-29-28(30(21-31(29)40-24(3)35)42-33-15-9-11-19-37-33)17-16-27(41-32-14-8-10-18-36-32)22-38-26-12-6-5-7-13-26/h1,5-7,12-13,16-17,25,27-33H,8-11,14-15,18-22H2,2-3H3/b17-16+/t25-,27-,28-,29-,30-,31+,32?,33?/m1/s1. The zero-order chi connectivity index (χ0) is 29.7. The van der Waals surface area contributed by atoms with Crippen LogP contribution in [0.15, 0.2) is 42.5 Å². The molecule has 230 valence electrons. The van der Waals surface area contributed by atoms with Crippen molar-refractivity contribution >= 4 is 11.9 Å². The SMILES string of the molecule is C#C[C@H](C[C@@H]1[C@@H](/C=C/[C@H](COc2ccccc2)OC2CCCCO2)[C@H](OC2CCCCO2)C[C@@H]1OC(C)=O)OC(C)=O. The molecule has 1 aromatic rings. The monoisotopic (exact) mass is 584 g/mol. The second-order valence-corrected chi connectivity index (χ2v) is 11.1. The highest BCUT2D eigenvalue weighted by Gasteiger charge is 2.46. The summed E-state index contributed by atoms with van der Waals surface area (Å²) in [6.45, 7) is 4.31. The Morgan fingerprint density at radius 2 is 1.71 bits per heavy atom. The van der Waals surface area contributed by atoms with E-state index in [2.05, 4.69) is 5.92 Å². The minimum Gasteiger partial charge on any atom is -0.491 e. The number of esters is 2. The van der Waals surface area contributed by atoms with Crippen LogP contribution in [0.2, 0.25) is 0 Å². The van der Waals surface area contributed by atoms with Gasteiger partial charge < -0.3 is 33.2 Å². The van der Waals surface area contributed by atoms with Gasteiger partial charge in [-0.15, -0.1) is 6.42 Å². The number of para-hydroxylation sites is 1. The number of carbonyl (C=O) groups excluding carboxylic acids is 2. The third-order valence-corrected chi connectivity index (χ3v) is 7.80. The average molecular weight is 585 g/mol. The maximum absolute atomic E-state index is 12.1. The maximum Gasteiger partial charge on any atom is 0.303 e. The van der Waals surface area contributed by atoms with Gasteiger partial charge in [0, 0.05) is 51.7 Å². The summed E-state index contributed by atoms with van der Waals surface area (Å²) in [5.74, 6) is 1.98. The first-order valence-corrected chi connectivity index (χ1v) is 15.1. The molecule has 0 aromatic heterocycles. The van der Waals surface area contributed by atoms with Gasteiger partial charge in [0.1, 0.15) is 24.6 Å². The number of benzene rings is 1. The predicted molar refractivity (Wildman–Crippen MR) is 154 cm³/mol. The molecule has 2 saturated heterocycles. The second-order valence-electron chi connectivity index (χ2n) is 11.1. The van der Waals surface area contributed by atoms with Crippen LogP contribution in [0.25, 0.3) is 0 Å². The van der Waals surface area contributed by atoms with E-state index < -0.39 is 24.3 Å². The molecule has 2 heterocycles. The van der Waals surface area contributed by atoms with Gasteiger partial charge in [-0.1, -0.05) is 36.3 Å². The van der Waals surface area contributed by atoms with Crippen molar-refractivity contribution in [2.75, 3.05) is 19.8 Å². The van der Waals surface area contributed by atoms with Gasteiger partial charge in [-0.25, -0.2) is 0 Å². The molecule has 1 aliphatic carbocycles. The minimum absolute atomic E-state index is 0.221. The lowest BCUT2D eigenvalue weighted by Crippen LogP contribution is -2.33. The topological polar surface area (TPSA) is 98.8 Å². The van der Waals surface area contributed by atoms with E-state index in [1.807, 2.05) is 42.5 Å². The molecule has 4 rings (SSSR count). The third kappa shape index (κ3) is 10.1. The Bertz CT molecular complexity index is 1040. The van der Waals surface area contributed by atoms with Crippen molar-refractivity contribution < 1.29 is 42.7 Å². The van der Waals surface area contributed by atoms with Gasteiger partial charge in [-0.05, 0) is 50.7 Å². The molecule has 3 fully saturated rings. The summed E-state index contributed by atoms with van der Waals surface area (Å²) in [5, 5.41) is 0. The highest BCUT2D eigenvalue weighted by atomic mass is 16.7. The molecular formula is C33H44O9. The smallest absolute Gasteiger partial charge is 0.303 e. The number of ether oxygens (including phenoxy) is 7. The van der Waals surface area contributed by atoms with E-state index in [0.717, 1.165) is 44.3 Å². The summed E-state index contributed by atoms with van der Waals surface area (Å²) in [5.41, 5.74) is 0. The molecule has 0 bridgehead atoms. The van der Waals surface area contributed by atoms with Gasteiger partial charge in [0.25, 0.3) is 0 Å². The second kappa shape index (κ2) is 16.7. The van der Waals surface area contributed by atoms with Crippen molar-refractivity contribution in [3.05, 3.63) is 42.5 Å². The molecule has 8 atom stereocenters. The lowest BCUT2D eigenvalue weighted by molar-refractivity contribution is -0.193. The van der Waals surface area contributed by atoms with Crippen molar-refractivity contribution in [1.82, 2.24) is 0 Å². The number of hydrogen-bond donors (Lipinski definition) is 0. The molecule has 0 N–H and O–H groups in total. The minimum atomic E-state index is -0.768. The van der Waals surface area contributed by atoms with Crippen molar-refractivity contribution in [1.29, 1.82) is 0 Å². The lowest BCUT2D eigenvalue weighted by Gasteiger charge is -2.30. The molecule has 0 radical (unpaired) electrons. The Morgan fingerprint density at radius 1 is 1.00 bits per heavy atom.